The molecule has 5 rings (SSSR count). The summed E-state index contributed by atoms with van der Waals surface area (Å²) in [5.74, 6) is -3.98. The number of nitrogens with zero attached hydrogens (tertiary/aromatic N) is 1. The molecule has 2 fully saturated rings. The summed E-state index contributed by atoms with van der Waals surface area (Å²) in [6.07, 6.45) is 3.55. The van der Waals surface area contributed by atoms with Gasteiger partial charge in [-0.3, -0.25) is 14.4 Å². The number of alkyl halides is 3. The maximum Gasteiger partial charge on any atom is 0.501 e. The van der Waals surface area contributed by atoms with Crippen LogP contribution in [0, 0.1) is 23.6 Å². The van der Waals surface area contributed by atoms with Crippen LogP contribution in [0.5, 0.6) is 5.75 Å². The molecule has 240 valence electrons. The number of aliphatic carboxylic acids is 1. The van der Waals surface area contributed by atoms with Gasteiger partial charge in [-0.05, 0) is 61.8 Å². The number of rotatable bonds is 10. The molecule has 0 radical (unpaired) electrons. The first-order valence-corrected chi connectivity index (χ1v) is 16.1. The summed E-state index contributed by atoms with van der Waals surface area (Å²) in [5.41, 5.74) is -5.68. The van der Waals surface area contributed by atoms with Crippen LogP contribution in [0.4, 0.5) is 23.2 Å². The van der Waals surface area contributed by atoms with Crippen molar-refractivity contribution in [3.05, 3.63) is 58.9 Å². The molecule has 10 nitrogen and oxygen atoms in total. The van der Waals surface area contributed by atoms with E-state index >= 15 is 4.39 Å². The third kappa shape index (κ3) is 6.52. The van der Waals surface area contributed by atoms with Crippen LogP contribution in [0.15, 0.2) is 47.5 Å². The number of thiazole rings is 1. The second-order valence-electron chi connectivity index (χ2n) is 10.9. The van der Waals surface area contributed by atoms with E-state index in [4.69, 9.17) is 9.84 Å². The number of carboxylic acid groups (broad SMARTS) is 1. The molecule has 45 heavy (non-hydrogen) atoms. The van der Waals surface area contributed by atoms with Gasteiger partial charge in [0.25, 0.3) is 15.7 Å². The first-order valence-electron chi connectivity index (χ1n) is 13.8. The Morgan fingerprint density at radius 3 is 2.56 bits per heavy atom. The number of hydrogen-bond acceptors (Lipinski definition) is 8. The summed E-state index contributed by atoms with van der Waals surface area (Å²) >= 11 is 1.09. The lowest BCUT2D eigenvalue weighted by atomic mass is 9.83. The van der Waals surface area contributed by atoms with Gasteiger partial charge in [-0.15, -0.1) is 11.3 Å². The minimum atomic E-state index is -5.63. The molecule has 1 heterocycles. The Morgan fingerprint density at radius 2 is 1.87 bits per heavy atom. The number of carbonyl (C=O) groups excluding carboxylic acids is 2. The predicted octanol–water partition coefficient (Wildman–Crippen LogP) is 5.05. The number of nitrogens with one attached hydrogen (secondary N) is 2. The minimum Gasteiger partial charge on any atom is -0.496 e. The van der Waals surface area contributed by atoms with Gasteiger partial charge < -0.3 is 20.5 Å². The molecule has 0 aliphatic heterocycles. The van der Waals surface area contributed by atoms with Gasteiger partial charge in [0, 0.05) is 34.4 Å². The normalized spacial score (nSPS) is 21.0. The standard InChI is InChI=1S/C29H27F4N3O7S2/c1-43-22-12-21(30)19(28-34-13-17(44-28)7-8-23(37)38)11-20(22)26(39)36-25-15-6-5-14(9-15)24(25)27(40)35-16-3-2-4-18(10-16)45(41,42)29(31,32)33/h2-4,10-15,24-25H,5-9H2,1H3,(H,35,40)(H,36,39)(H,37,38). The summed E-state index contributed by atoms with van der Waals surface area (Å²) in [6.45, 7) is 0. The number of fused-ring (bicyclic) bond motifs is 2. The van der Waals surface area contributed by atoms with Gasteiger partial charge in [0.05, 0.1) is 29.9 Å². The largest absolute Gasteiger partial charge is 0.501 e. The Hall–Kier alpha value is -4.05. The van der Waals surface area contributed by atoms with Crippen molar-refractivity contribution in [1.29, 1.82) is 0 Å². The molecule has 2 saturated carbocycles. The maximum absolute atomic E-state index is 15.1. The maximum atomic E-state index is 15.1. The van der Waals surface area contributed by atoms with Crippen LogP contribution in [0.25, 0.3) is 10.6 Å². The van der Waals surface area contributed by atoms with Gasteiger partial charge in [0.15, 0.2) is 0 Å². The van der Waals surface area contributed by atoms with E-state index in [0.717, 1.165) is 42.0 Å². The van der Waals surface area contributed by atoms with Crippen molar-refractivity contribution < 1.29 is 50.2 Å². The van der Waals surface area contributed by atoms with E-state index in [1.807, 2.05) is 0 Å². The Morgan fingerprint density at radius 1 is 1.13 bits per heavy atom. The van der Waals surface area contributed by atoms with Crippen molar-refractivity contribution in [1.82, 2.24) is 10.3 Å². The minimum absolute atomic E-state index is 0.00320. The van der Waals surface area contributed by atoms with Gasteiger partial charge in [0.1, 0.15) is 16.6 Å². The third-order valence-electron chi connectivity index (χ3n) is 8.14. The average Bonchev–Trinajstić information content (AvgIpc) is 3.72. The van der Waals surface area contributed by atoms with Crippen LogP contribution in [0.2, 0.25) is 0 Å². The first kappa shape index (κ1) is 32.3. The number of benzene rings is 2. The zero-order valence-electron chi connectivity index (χ0n) is 23.6. The van der Waals surface area contributed by atoms with Gasteiger partial charge >= 0.3 is 11.5 Å². The molecule has 3 aromatic rings. The molecule has 0 spiro atoms. The topological polar surface area (TPSA) is 152 Å². The molecule has 4 atom stereocenters. The second kappa shape index (κ2) is 12.4. The van der Waals surface area contributed by atoms with Gasteiger partial charge in [-0.25, -0.2) is 17.8 Å². The van der Waals surface area contributed by atoms with Crippen molar-refractivity contribution in [2.45, 2.75) is 48.5 Å². The molecule has 16 heteroatoms. The number of methoxy groups -OCH3 is 1. The lowest BCUT2D eigenvalue weighted by molar-refractivity contribution is -0.137. The fourth-order valence-corrected chi connectivity index (χ4v) is 7.79. The quantitative estimate of drug-likeness (QED) is 0.254. The molecule has 0 saturated heterocycles. The van der Waals surface area contributed by atoms with Gasteiger partial charge in [-0.1, -0.05) is 6.07 Å². The number of hydrogen-bond donors (Lipinski definition) is 3. The number of aromatic nitrogens is 1. The SMILES string of the molecule is COc1cc(F)c(-c2ncc(CCC(=O)O)s2)cc1C(=O)NC1C2CCC(C2)C1C(=O)Nc1cccc(S(=O)(=O)C(F)(F)F)c1. The number of aryl methyl sites for hydroxylation is 1. The number of anilines is 1. The Kier molecular flexibility index (Phi) is 8.90. The Bertz CT molecular complexity index is 1760. The van der Waals surface area contributed by atoms with Crippen molar-refractivity contribution in [2.24, 2.45) is 17.8 Å². The van der Waals surface area contributed by atoms with Crippen LogP contribution < -0.4 is 15.4 Å². The number of carboxylic acids is 1. The summed E-state index contributed by atoms with van der Waals surface area (Å²) in [5, 5.41) is 14.6. The molecule has 2 aliphatic carbocycles. The van der Waals surface area contributed by atoms with Gasteiger partial charge in [0.2, 0.25) is 5.91 Å². The number of amides is 2. The number of halogens is 4. The molecule has 1 aromatic heterocycles. The van der Waals surface area contributed by atoms with Crippen molar-refractivity contribution in [2.75, 3.05) is 12.4 Å². The highest BCUT2D eigenvalue weighted by molar-refractivity contribution is 7.92. The molecular weight excluding hydrogens is 642 g/mol. The van der Waals surface area contributed by atoms with E-state index in [1.165, 1.54) is 25.4 Å². The highest BCUT2D eigenvalue weighted by atomic mass is 32.2. The van der Waals surface area contributed by atoms with Crippen LogP contribution in [0.1, 0.15) is 40.9 Å². The number of ether oxygens (including phenoxy) is 1. The summed E-state index contributed by atoms with van der Waals surface area (Å²) in [4.78, 5) is 41.7. The summed E-state index contributed by atoms with van der Waals surface area (Å²) < 4.78 is 83.2. The van der Waals surface area contributed by atoms with Crippen molar-refractivity contribution in [3.8, 4) is 16.3 Å². The third-order valence-corrected chi connectivity index (χ3v) is 10.7. The lowest BCUT2D eigenvalue weighted by Gasteiger charge is -2.31. The summed E-state index contributed by atoms with van der Waals surface area (Å²) in [6, 6.07) is 5.52. The molecule has 4 unspecified atom stereocenters. The van der Waals surface area contributed by atoms with E-state index in [2.05, 4.69) is 15.6 Å². The number of sulfone groups is 1. The zero-order valence-corrected chi connectivity index (χ0v) is 25.2. The fourth-order valence-electron chi connectivity index (χ4n) is 6.05. The monoisotopic (exact) mass is 669 g/mol. The van der Waals surface area contributed by atoms with Crippen molar-refractivity contribution in [3.63, 3.8) is 0 Å². The van der Waals surface area contributed by atoms with Crippen molar-refractivity contribution >= 4 is 44.6 Å². The van der Waals surface area contributed by atoms with E-state index in [9.17, 15) is 36.0 Å². The molecule has 3 N–H and O–H groups in total. The smallest absolute Gasteiger partial charge is 0.496 e. The van der Waals surface area contributed by atoms with E-state index in [-0.39, 0.29) is 52.2 Å². The second-order valence-corrected chi connectivity index (χ2v) is 13.9. The molecule has 2 amide bonds. The predicted molar refractivity (Wildman–Crippen MR) is 154 cm³/mol. The molecular formula is C29H27F4N3O7S2. The van der Waals surface area contributed by atoms with Crippen LogP contribution in [-0.4, -0.2) is 55.0 Å². The van der Waals surface area contributed by atoms with Crippen LogP contribution in [-0.2, 0) is 25.8 Å². The van der Waals surface area contributed by atoms with E-state index in [0.29, 0.717) is 17.7 Å². The van der Waals surface area contributed by atoms with Crippen LogP contribution >= 0.6 is 11.3 Å². The molecule has 2 bridgehead atoms. The first-order chi connectivity index (χ1) is 21.2. The highest BCUT2D eigenvalue weighted by Crippen LogP contribution is 2.49. The highest BCUT2D eigenvalue weighted by Gasteiger charge is 2.52. The average molecular weight is 670 g/mol. The van der Waals surface area contributed by atoms with Gasteiger partial charge in [-0.2, -0.15) is 13.2 Å². The lowest BCUT2D eigenvalue weighted by Crippen LogP contribution is -2.48. The Balaban J connectivity index is 1.37. The molecule has 2 aromatic carbocycles. The number of carbonyl (C=O) groups is 3. The summed E-state index contributed by atoms with van der Waals surface area (Å²) in [7, 11) is -4.37. The van der Waals surface area contributed by atoms with E-state index < -0.39 is 55.8 Å². The molecule has 2 aliphatic rings. The van der Waals surface area contributed by atoms with E-state index in [1.54, 1.807) is 0 Å². The fraction of sp³-hybridized carbons (Fsp3) is 0.379. The van der Waals surface area contributed by atoms with Crippen LogP contribution in [0.3, 0.4) is 0 Å². The zero-order chi connectivity index (χ0) is 32.7. The Labute approximate surface area is 258 Å².